The van der Waals surface area contributed by atoms with Gasteiger partial charge in [0, 0.05) is 5.56 Å². The molecule has 33 heavy (non-hydrogen) atoms. The summed E-state index contributed by atoms with van der Waals surface area (Å²) in [5, 5.41) is 8.80. The second-order valence-electron chi connectivity index (χ2n) is 6.56. The smallest absolute Gasteiger partial charge is 0.326 e. The summed E-state index contributed by atoms with van der Waals surface area (Å²) in [7, 11) is 0. The lowest BCUT2D eigenvalue weighted by Gasteiger charge is -2.01. The maximum absolute atomic E-state index is 11.6. The van der Waals surface area contributed by atoms with Crippen molar-refractivity contribution in [3.8, 4) is 0 Å². The van der Waals surface area contributed by atoms with Gasteiger partial charge in [-0.25, -0.2) is 14.4 Å². The molecule has 0 spiro atoms. The van der Waals surface area contributed by atoms with E-state index in [1.165, 1.54) is 9.13 Å². The molecule has 2 aromatic carbocycles. The molecule has 3 N–H and O–H groups in total. The van der Waals surface area contributed by atoms with Crippen molar-refractivity contribution in [3.05, 3.63) is 74.3 Å². The molecule has 0 aliphatic rings. The van der Waals surface area contributed by atoms with Crippen LogP contribution in [-0.2, 0) is 22.6 Å². The largest absolute Gasteiger partial charge is 0.466 e. The third kappa shape index (κ3) is 5.44. The van der Waals surface area contributed by atoms with E-state index in [0.29, 0.717) is 46.1 Å². The van der Waals surface area contributed by atoms with Crippen LogP contribution in [0.1, 0.15) is 17.8 Å². The van der Waals surface area contributed by atoms with E-state index < -0.39 is 0 Å². The summed E-state index contributed by atoms with van der Waals surface area (Å²) in [6.07, 6.45) is 0.713. The first-order chi connectivity index (χ1) is 15.5. The van der Waals surface area contributed by atoms with Crippen molar-refractivity contribution in [2.24, 2.45) is 0 Å². The van der Waals surface area contributed by atoms with Gasteiger partial charge in [-0.3, -0.25) is 18.7 Å². The third-order valence-corrected chi connectivity index (χ3v) is 4.65. The van der Waals surface area contributed by atoms with Crippen LogP contribution in [0.4, 0.5) is 5.69 Å². The molecule has 2 aromatic heterocycles. The zero-order chi connectivity index (χ0) is 23.1. The highest BCUT2D eigenvalue weighted by Crippen LogP contribution is 2.18. The third-order valence-electron chi connectivity index (χ3n) is 4.65. The van der Waals surface area contributed by atoms with E-state index in [1.807, 2.05) is 0 Å². The molecule has 0 saturated heterocycles. The Labute approximate surface area is 187 Å². The number of nitrogens with one attached hydrogen (secondary N) is 2. The van der Waals surface area contributed by atoms with Gasteiger partial charge in [0.1, 0.15) is 12.9 Å². The van der Waals surface area contributed by atoms with E-state index in [4.69, 9.17) is 11.7 Å². The minimum Gasteiger partial charge on any atom is -0.466 e. The number of aromatic nitrogens is 4. The van der Waals surface area contributed by atoms with Gasteiger partial charge in [-0.1, -0.05) is 13.5 Å². The molecule has 0 saturated carbocycles. The van der Waals surface area contributed by atoms with Crippen molar-refractivity contribution in [2.45, 2.75) is 20.5 Å². The number of hydrogen-bond donors (Lipinski definition) is 3. The predicted octanol–water partition coefficient (Wildman–Crippen LogP) is 1.82. The number of aldehydes is 1. The fourth-order valence-electron chi connectivity index (χ4n) is 3.21. The molecule has 0 aliphatic heterocycles. The molecule has 0 aliphatic carbocycles. The first-order valence-corrected chi connectivity index (χ1v) is 9.46. The van der Waals surface area contributed by atoms with Crippen LogP contribution in [0.15, 0.2) is 46.0 Å². The number of carbonyl (C=O) groups excluding carboxylic acids is 2. The zero-order valence-corrected chi connectivity index (χ0v) is 16.8. The fraction of sp³-hybridized carbons (Fsp3) is 0.227. The van der Waals surface area contributed by atoms with Crippen molar-refractivity contribution in [2.75, 3.05) is 13.2 Å². The van der Waals surface area contributed by atoms with E-state index in [1.54, 1.807) is 36.4 Å². The van der Waals surface area contributed by atoms with Crippen molar-refractivity contribution < 1.29 is 19.4 Å². The molecule has 172 valence electrons. The highest BCUT2D eigenvalue weighted by molar-refractivity contribution is 5.85. The average Bonchev–Trinajstić information content (AvgIpc) is 3.29. The number of benzene rings is 2. The van der Waals surface area contributed by atoms with E-state index >= 15 is 0 Å². The topological polar surface area (TPSA) is 144 Å². The number of carbonyl (C=O) groups is 2. The molecule has 0 amide bonds. The Balaban J connectivity index is 0.000000228. The Morgan fingerprint density at radius 1 is 0.970 bits per heavy atom. The molecule has 11 heteroatoms. The molecule has 11 nitrogen and oxygen atoms in total. The summed E-state index contributed by atoms with van der Waals surface area (Å²) >= 11 is 0. The van der Waals surface area contributed by atoms with Crippen LogP contribution in [0.3, 0.4) is 0 Å². The van der Waals surface area contributed by atoms with Gasteiger partial charge in [0.05, 0.1) is 48.3 Å². The summed E-state index contributed by atoms with van der Waals surface area (Å²) in [5.74, 6) is 0. The van der Waals surface area contributed by atoms with Crippen LogP contribution >= 0.6 is 0 Å². The Morgan fingerprint density at radius 2 is 1.58 bits per heavy atom. The van der Waals surface area contributed by atoms with Crippen LogP contribution in [0, 0.1) is 6.57 Å². The maximum Gasteiger partial charge on any atom is 0.326 e. The number of rotatable bonds is 7. The maximum atomic E-state index is 11.6. The Morgan fingerprint density at radius 3 is 2.15 bits per heavy atom. The molecule has 0 radical (unpaired) electrons. The Kier molecular flexibility index (Phi) is 8.48. The van der Waals surface area contributed by atoms with E-state index in [0.717, 1.165) is 0 Å². The first-order valence-electron chi connectivity index (χ1n) is 9.46. The van der Waals surface area contributed by atoms with Crippen LogP contribution < -0.4 is 11.4 Å². The van der Waals surface area contributed by atoms with Gasteiger partial charge in [-0.2, -0.15) is 0 Å². The van der Waals surface area contributed by atoms with Crippen molar-refractivity contribution in [3.63, 3.8) is 0 Å². The minimum absolute atomic E-state index is 0. The standard InChI is InChI=1S/C11H10N2O4.C10H9N3O2.CH4/c14-6-8-1-2-10-9(5-8)12-11(16)13(10)3-4-17-7-15;1-11-7-2-3-9-8(6-7)12-10(15)13(9)4-5-14;/h1-2,5-7H,3-4H2,(H,12,16);2-3,6,14H,4-5H2,(H,12,15);1H4. The number of fused-ring (bicyclic) bond motifs is 2. The predicted molar refractivity (Wildman–Crippen MR) is 123 cm³/mol. The lowest BCUT2D eigenvalue weighted by Crippen LogP contribution is -2.19. The first kappa shape index (κ1) is 24.8. The van der Waals surface area contributed by atoms with Crippen LogP contribution in [0.5, 0.6) is 0 Å². The van der Waals surface area contributed by atoms with Crippen LogP contribution in [-0.4, -0.2) is 50.2 Å². The van der Waals surface area contributed by atoms with Crippen LogP contribution in [0.25, 0.3) is 26.9 Å². The summed E-state index contributed by atoms with van der Waals surface area (Å²) in [5.41, 5.74) is 3.03. The minimum atomic E-state index is -0.294. The number of ether oxygens (including phenoxy) is 1. The number of hydrogen-bond acceptors (Lipinski definition) is 6. The Hall–Kier alpha value is -4.43. The summed E-state index contributed by atoms with van der Waals surface area (Å²) in [6, 6.07) is 9.88. The summed E-state index contributed by atoms with van der Waals surface area (Å²) in [4.78, 5) is 52.2. The normalized spacial score (nSPS) is 10.1. The number of aliphatic hydroxyl groups excluding tert-OH is 1. The van der Waals surface area contributed by atoms with Gasteiger partial charge in [-0.15, -0.1) is 0 Å². The van der Waals surface area contributed by atoms with Crippen molar-refractivity contribution in [1.82, 2.24) is 19.1 Å². The summed E-state index contributed by atoms with van der Waals surface area (Å²) in [6.45, 7) is 7.77. The SMILES string of the molecule is C.O=COCCn1c(=O)[nH]c2cc(C=O)ccc21.[C-]#[N+]c1ccc2c(c1)[nH]c(=O)n2CCO. The van der Waals surface area contributed by atoms with Crippen molar-refractivity contribution in [1.29, 1.82) is 0 Å². The number of nitrogens with zero attached hydrogens (tertiary/aromatic N) is 3. The molecular weight excluding hydrogens is 430 g/mol. The highest BCUT2D eigenvalue weighted by Gasteiger charge is 2.07. The number of H-pyrrole nitrogens is 2. The van der Waals surface area contributed by atoms with Gasteiger partial charge >= 0.3 is 11.4 Å². The molecule has 0 bridgehead atoms. The van der Waals surface area contributed by atoms with E-state index in [-0.39, 0.29) is 45.1 Å². The molecule has 0 fully saturated rings. The molecule has 4 rings (SSSR count). The molecule has 4 aromatic rings. The second-order valence-corrected chi connectivity index (χ2v) is 6.56. The fourth-order valence-corrected chi connectivity index (χ4v) is 3.21. The monoisotopic (exact) mass is 453 g/mol. The quantitative estimate of drug-likeness (QED) is 0.221. The van der Waals surface area contributed by atoms with Crippen LogP contribution in [0.2, 0.25) is 0 Å². The van der Waals surface area contributed by atoms with Gasteiger partial charge in [-0.05, 0) is 30.3 Å². The molecule has 0 atom stereocenters. The van der Waals surface area contributed by atoms with Gasteiger partial charge < -0.3 is 19.8 Å². The molecule has 2 heterocycles. The van der Waals surface area contributed by atoms with Gasteiger partial charge in [0.2, 0.25) is 0 Å². The highest BCUT2D eigenvalue weighted by atomic mass is 16.5. The summed E-state index contributed by atoms with van der Waals surface area (Å²) < 4.78 is 7.44. The van der Waals surface area contributed by atoms with E-state index in [2.05, 4.69) is 19.5 Å². The lowest BCUT2D eigenvalue weighted by molar-refractivity contribution is -0.128. The van der Waals surface area contributed by atoms with E-state index in [9.17, 15) is 19.2 Å². The van der Waals surface area contributed by atoms with Gasteiger partial charge in [0.15, 0.2) is 5.69 Å². The molecule has 0 unspecified atom stereocenters. The number of aliphatic hydroxyl groups is 1. The van der Waals surface area contributed by atoms with Gasteiger partial charge in [0.25, 0.3) is 6.47 Å². The number of imidazole rings is 2. The average molecular weight is 453 g/mol. The number of aromatic amines is 2. The molecular formula is C22H23N5O6. The Bertz CT molecular complexity index is 1420. The lowest BCUT2D eigenvalue weighted by atomic mass is 10.2. The zero-order valence-electron chi connectivity index (χ0n) is 16.8. The van der Waals surface area contributed by atoms with Crippen molar-refractivity contribution >= 4 is 40.5 Å². The second kappa shape index (κ2) is 11.3.